The van der Waals surface area contributed by atoms with Crippen molar-refractivity contribution < 1.29 is 14.3 Å². The lowest BCUT2D eigenvalue weighted by Crippen LogP contribution is -1.94. The van der Waals surface area contributed by atoms with E-state index in [-0.39, 0.29) is 5.56 Å². The van der Waals surface area contributed by atoms with E-state index in [1.54, 1.807) is 6.07 Å². The molecule has 0 bridgehead atoms. The van der Waals surface area contributed by atoms with Crippen molar-refractivity contribution in [2.24, 2.45) is 0 Å². The van der Waals surface area contributed by atoms with Crippen molar-refractivity contribution >= 4 is 17.1 Å². The van der Waals surface area contributed by atoms with Crippen LogP contribution in [0.5, 0.6) is 0 Å². The third-order valence-corrected chi connectivity index (χ3v) is 3.26. The number of carbonyl (C=O) groups is 1. The van der Waals surface area contributed by atoms with Gasteiger partial charge >= 0.3 is 5.97 Å². The van der Waals surface area contributed by atoms with Crippen LogP contribution in [0, 0.1) is 13.8 Å². The number of nitrogens with zero attached hydrogens (tertiary/aromatic N) is 1. The van der Waals surface area contributed by atoms with Crippen LogP contribution in [-0.4, -0.2) is 16.1 Å². The molecule has 3 aromatic rings. The van der Waals surface area contributed by atoms with Gasteiger partial charge in [0.2, 0.25) is 5.89 Å². The third kappa shape index (κ3) is 2.05. The molecule has 20 heavy (non-hydrogen) atoms. The Bertz CT molecular complexity index is 818. The summed E-state index contributed by atoms with van der Waals surface area (Å²) >= 11 is 0. The molecule has 0 amide bonds. The molecule has 0 unspecified atom stereocenters. The lowest BCUT2D eigenvalue weighted by Gasteiger charge is -2.02. The van der Waals surface area contributed by atoms with Crippen LogP contribution in [0.25, 0.3) is 22.6 Å². The number of hydrogen-bond acceptors (Lipinski definition) is 3. The van der Waals surface area contributed by atoms with Crippen LogP contribution < -0.4 is 0 Å². The Morgan fingerprint density at radius 1 is 1.15 bits per heavy atom. The van der Waals surface area contributed by atoms with Crippen molar-refractivity contribution in [3.05, 3.63) is 53.1 Å². The van der Waals surface area contributed by atoms with E-state index >= 15 is 0 Å². The maximum absolute atomic E-state index is 11.0. The summed E-state index contributed by atoms with van der Waals surface area (Å²) in [4.78, 5) is 15.4. The number of fused-ring (bicyclic) bond motifs is 1. The zero-order chi connectivity index (χ0) is 14.3. The van der Waals surface area contributed by atoms with Gasteiger partial charge in [0, 0.05) is 5.56 Å². The Labute approximate surface area is 115 Å². The van der Waals surface area contributed by atoms with Crippen molar-refractivity contribution in [3.63, 3.8) is 0 Å². The smallest absolute Gasteiger partial charge is 0.335 e. The number of aromatic nitrogens is 1. The van der Waals surface area contributed by atoms with Gasteiger partial charge in [-0.2, -0.15) is 0 Å². The highest BCUT2D eigenvalue weighted by Crippen LogP contribution is 2.28. The number of rotatable bonds is 2. The molecule has 0 atom stereocenters. The van der Waals surface area contributed by atoms with Crippen LogP contribution in [0.2, 0.25) is 0 Å². The SMILES string of the molecule is Cc1ccc(C)c(-c2nc3ccc(C(=O)O)cc3o2)c1. The van der Waals surface area contributed by atoms with Crippen molar-refractivity contribution in [2.45, 2.75) is 13.8 Å². The van der Waals surface area contributed by atoms with Gasteiger partial charge in [0.1, 0.15) is 5.52 Å². The zero-order valence-electron chi connectivity index (χ0n) is 11.2. The van der Waals surface area contributed by atoms with Gasteiger partial charge in [0.25, 0.3) is 0 Å². The Morgan fingerprint density at radius 2 is 1.95 bits per heavy atom. The van der Waals surface area contributed by atoms with E-state index in [0.717, 1.165) is 16.7 Å². The summed E-state index contributed by atoms with van der Waals surface area (Å²) in [5.74, 6) is -0.458. The van der Waals surface area contributed by atoms with Gasteiger partial charge in [-0.15, -0.1) is 0 Å². The van der Waals surface area contributed by atoms with E-state index < -0.39 is 5.97 Å². The molecule has 0 aliphatic heterocycles. The first kappa shape index (κ1) is 12.4. The second-order valence-corrected chi connectivity index (χ2v) is 4.83. The Hall–Kier alpha value is -2.62. The minimum absolute atomic E-state index is 0.196. The summed E-state index contributed by atoms with van der Waals surface area (Å²) in [6.07, 6.45) is 0. The quantitative estimate of drug-likeness (QED) is 0.766. The highest BCUT2D eigenvalue weighted by Gasteiger charge is 2.12. The summed E-state index contributed by atoms with van der Waals surface area (Å²) in [6, 6.07) is 10.8. The molecule has 2 aromatic carbocycles. The minimum atomic E-state index is -0.975. The second-order valence-electron chi connectivity index (χ2n) is 4.83. The standard InChI is InChI=1S/C16H13NO3/c1-9-3-4-10(2)12(7-9)15-17-13-6-5-11(16(18)19)8-14(13)20-15/h3-8H,1-2H3,(H,18,19). The molecule has 1 N–H and O–H groups in total. The minimum Gasteiger partial charge on any atom is -0.478 e. The molecule has 100 valence electrons. The van der Waals surface area contributed by atoms with Crippen LogP contribution in [0.4, 0.5) is 0 Å². The molecule has 1 aromatic heterocycles. The van der Waals surface area contributed by atoms with Crippen LogP contribution >= 0.6 is 0 Å². The van der Waals surface area contributed by atoms with Crippen molar-refractivity contribution in [1.82, 2.24) is 4.98 Å². The van der Waals surface area contributed by atoms with Crippen molar-refractivity contribution in [1.29, 1.82) is 0 Å². The average Bonchev–Trinajstić information content (AvgIpc) is 2.83. The average molecular weight is 267 g/mol. The molecule has 0 spiro atoms. The van der Waals surface area contributed by atoms with Crippen LogP contribution in [-0.2, 0) is 0 Å². The summed E-state index contributed by atoms with van der Waals surface area (Å²) in [5, 5.41) is 8.99. The van der Waals surface area contributed by atoms with Gasteiger partial charge < -0.3 is 9.52 Å². The Kier molecular flexibility index (Phi) is 2.79. The first-order chi connectivity index (χ1) is 9.54. The lowest BCUT2D eigenvalue weighted by atomic mass is 10.1. The molecule has 0 fully saturated rings. The third-order valence-electron chi connectivity index (χ3n) is 3.26. The maximum atomic E-state index is 11.0. The molecule has 0 aliphatic carbocycles. The predicted octanol–water partition coefficient (Wildman–Crippen LogP) is 3.81. The van der Waals surface area contributed by atoms with Gasteiger partial charge in [-0.05, 0) is 43.7 Å². The molecule has 0 saturated heterocycles. The van der Waals surface area contributed by atoms with E-state index in [9.17, 15) is 4.79 Å². The predicted molar refractivity (Wildman–Crippen MR) is 75.9 cm³/mol. The molecular weight excluding hydrogens is 254 g/mol. The molecule has 3 rings (SSSR count). The number of aromatic carboxylic acids is 1. The normalized spacial score (nSPS) is 10.9. The molecule has 4 nitrogen and oxygen atoms in total. The number of hydrogen-bond donors (Lipinski definition) is 1. The molecule has 0 radical (unpaired) electrons. The summed E-state index contributed by atoms with van der Waals surface area (Å²) in [6.45, 7) is 4.00. The maximum Gasteiger partial charge on any atom is 0.335 e. The van der Waals surface area contributed by atoms with E-state index in [4.69, 9.17) is 9.52 Å². The molecular formula is C16H13NO3. The van der Waals surface area contributed by atoms with E-state index in [0.29, 0.717) is 17.0 Å². The topological polar surface area (TPSA) is 63.3 Å². The van der Waals surface area contributed by atoms with E-state index in [1.165, 1.54) is 12.1 Å². The monoisotopic (exact) mass is 267 g/mol. The summed E-state index contributed by atoms with van der Waals surface area (Å²) in [7, 11) is 0. The van der Waals surface area contributed by atoms with Gasteiger partial charge in [-0.1, -0.05) is 17.7 Å². The number of benzene rings is 2. The molecule has 4 heteroatoms. The summed E-state index contributed by atoms with van der Waals surface area (Å²) < 4.78 is 5.71. The second kappa shape index (κ2) is 4.49. The van der Waals surface area contributed by atoms with Gasteiger partial charge in [0.05, 0.1) is 5.56 Å². The van der Waals surface area contributed by atoms with Crippen LogP contribution in [0.3, 0.4) is 0 Å². The molecule has 0 saturated carbocycles. The first-order valence-corrected chi connectivity index (χ1v) is 6.26. The number of carboxylic acid groups (broad SMARTS) is 1. The van der Waals surface area contributed by atoms with Gasteiger partial charge in [-0.25, -0.2) is 9.78 Å². The summed E-state index contributed by atoms with van der Waals surface area (Å²) in [5.41, 5.74) is 4.46. The van der Waals surface area contributed by atoms with Crippen molar-refractivity contribution in [2.75, 3.05) is 0 Å². The molecule has 1 heterocycles. The number of oxazole rings is 1. The van der Waals surface area contributed by atoms with Crippen LogP contribution in [0.15, 0.2) is 40.8 Å². The highest BCUT2D eigenvalue weighted by atomic mass is 16.4. The van der Waals surface area contributed by atoms with Crippen LogP contribution in [0.1, 0.15) is 21.5 Å². The van der Waals surface area contributed by atoms with Gasteiger partial charge in [-0.3, -0.25) is 0 Å². The Balaban J connectivity index is 2.17. The lowest BCUT2D eigenvalue weighted by molar-refractivity contribution is 0.0697. The number of carboxylic acids is 1. The van der Waals surface area contributed by atoms with E-state index in [2.05, 4.69) is 4.98 Å². The Morgan fingerprint density at radius 3 is 2.70 bits per heavy atom. The molecule has 0 aliphatic rings. The first-order valence-electron chi connectivity index (χ1n) is 6.26. The highest BCUT2D eigenvalue weighted by molar-refractivity contribution is 5.92. The largest absolute Gasteiger partial charge is 0.478 e. The fourth-order valence-corrected chi connectivity index (χ4v) is 2.14. The zero-order valence-corrected chi connectivity index (χ0v) is 11.2. The fourth-order valence-electron chi connectivity index (χ4n) is 2.14. The van der Waals surface area contributed by atoms with E-state index in [1.807, 2.05) is 32.0 Å². The van der Waals surface area contributed by atoms with Crippen molar-refractivity contribution in [3.8, 4) is 11.5 Å². The van der Waals surface area contributed by atoms with Gasteiger partial charge in [0.15, 0.2) is 5.58 Å². The fraction of sp³-hybridized carbons (Fsp3) is 0.125. The number of aryl methyl sites for hydroxylation is 2.